The van der Waals surface area contributed by atoms with E-state index in [0.717, 1.165) is 16.7 Å². The summed E-state index contributed by atoms with van der Waals surface area (Å²) in [5, 5.41) is 10.9. The zero-order valence-electron chi connectivity index (χ0n) is 20.9. The standard InChI is InChI=1S/C29H24ClN5O4/c1-39-29(38)27(26-23-14-22(30)9-10-24(23)33-34-26)32-28(37)21-13-20(15-31-16-21)12-18-5-7-19(8-6-18)17-35-11-3-2-4-25(35)36/h2-11,13-16,27H,12,17H2,1H3,(H,32,37)(H,33,34). The van der Waals surface area contributed by atoms with E-state index in [1.807, 2.05) is 30.3 Å². The number of carbonyl (C=O) groups is 2. The number of esters is 1. The third-order valence-corrected chi connectivity index (χ3v) is 6.52. The maximum atomic E-state index is 13.2. The van der Waals surface area contributed by atoms with Gasteiger partial charge in [-0.1, -0.05) is 41.9 Å². The second-order valence-corrected chi connectivity index (χ2v) is 9.41. The number of halogens is 1. The second kappa shape index (κ2) is 11.3. The van der Waals surface area contributed by atoms with Crippen LogP contribution in [-0.4, -0.2) is 38.7 Å². The van der Waals surface area contributed by atoms with Crippen LogP contribution in [0.1, 0.15) is 38.8 Å². The number of pyridine rings is 2. The number of methoxy groups -OCH3 is 1. The van der Waals surface area contributed by atoms with Crippen LogP contribution in [0.4, 0.5) is 0 Å². The molecule has 196 valence electrons. The van der Waals surface area contributed by atoms with E-state index in [1.165, 1.54) is 19.4 Å². The van der Waals surface area contributed by atoms with Crippen LogP contribution in [0.2, 0.25) is 5.02 Å². The lowest BCUT2D eigenvalue weighted by molar-refractivity contribution is -0.143. The van der Waals surface area contributed by atoms with Crippen LogP contribution in [0.15, 0.2) is 90.1 Å². The Morgan fingerprint density at radius 2 is 1.82 bits per heavy atom. The number of amides is 1. The van der Waals surface area contributed by atoms with Crippen molar-refractivity contribution >= 4 is 34.4 Å². The summed E-state index contributed by atoms with van der Waals surface area (Å²) >= 11 is 6.14. The first-order chi connectivity index (χ1) is 18.9. The topological polar surface area (TPSA) is 119 Å². The van der Waals surface area contributed by atoms with Gasteiger partial charge >= 0.3 is 5.97 Å². The molecule has 3 aromatic heterocycles. The van der Waals surface area contributed by atoms with Gasteiger partial charge in [0, 0.05) is 35.1 Å². The fourth-order valence-electron chi connectivity index (χ4n) is 4.29. The number of hydrogen-bond acceptors (Lipinski definition) is 6. The van der Waals surface area contributed by atoms with Crippen molar-refractivity contribution in [2.24, 2.45) is 0 Å². The number of H-pyrrole nitrogens is 1. The monoisotopic (exact) mass is 541 g/mol. The first-order valence-corrected chi connectivity index (χ1v) is 12.5. The molecule has 0 saturated carbocycles. The smallest absolute Gasteiger partial charge is 0.334 e. The predicted molar refractivity (Wildman–Crippen MR) is 147 cm³/mol. The number of carbonyl (C=O) groups excluding carboxylic acids is 2. The van der Waals surface area contributed by atoms with Gasteiger partial charge in [-0.05, 0) is 53.4 Å². The summed E-state index contributed by atoms with van der Waals surface area (Å²) in [6.45, 7) is 0.482. The molecular weight excluding hydrogens is 518 g/mol. The minimum atomic E-state index is -1.15. The number of aromatic amines is 1. The summed E-state index contributed by atoms with van der Waals surface area (Å²) in [4.78, 5) is 42.0. The summed E-state index contributed by atoms with van der Waals surface area (Å²) in [7, 11) is 1.24. The Morgan fingerprint density at radius 3 is 2.59 bits per heavy atom. The van der Waals surface area contributed by atoms with E-state index in [4.69, 9.17) is 16.3 Å². The highest BCUT2D eigenvalue weighted by Gasteiger charge is 2.28. The van der Waals surface area contributed by atoms with Crippen molar-refractivity contribution < 1.29 is 14.3 Å². The number of nitrogens with zero attached hydrogens (tertiary/aromatic N) is 3. The molecule has 0 aliphatic carbocycles. The lowest BCUT2D eigenvalue weighted by atomic mass is 10.0. The van der Waals surface area contributed by atoms with Crippen LogP contribution in [0.3, 0.4) is 0 Å². The molecule has 39 heavy (non-hydrogen) atoms. The molecule has 0 bridgehead atoms. The third kappa shape index (κ3) is 5.89. The van der Waals surface area contributed by atoms with Gasteiger partial charge in [0.15, 0.2) is 6.04 Å². The average molecular weight is 542 g/mol. The van der Waals surface area contributed by atoms with Crippen molar-refractivity contribution in [3.8, 4) is 0 Å². The van der Waals surface area contributed by atoms with Crippen molar-refractivity contribution in [1.82, 2.24) is 25.1 Å². The number of rotatable bonds is 8. The van der Waals surface area contributed by atoms with E-state index in [9.17, 15) is 14.4 Å². The molecule has 2 N–H and O–H groups in total. The summed E-state index contributed by atoms with van der Waals surface area (Å²) in [5.41, 5.74) is 4.05. The van der Waals surface area contributed by atoms with Crippen molar-refractivity contribution in [2.45, 2.75) is 19.0 Å². The minimum Gasteiger partial charge on any atom is -0.467 e. The van der Waals surface area contributed by atoms with E-state index in [1.54, 1.807) is 47.3 Å². The molecule has 0 fully saturated rings. The molecule has 0 saturated heterocycles. The highest BCUT2D eigenvalue weighted by atomic mass is 35.5. The Kier molecular flexibility index (Phi) is 7.51. The maximum Gasteiger partial charge on any atom is 0.334 e. The SMILES string of the molecule is COC(=O)C(NC(=O)c1cncc(Cc2ccc(Cn3ccccc3=O)cc2)c1)c1n[nH]c2ccc(Cl)cc12. The molecule has 0 radical (unpaired) electrons. The Morgan fingerprint density at radius 1 is 1.03 bits per heavy atom. The fraction of sp³-hybridized carbons (Fsp3) is 0.138. The lowest BCUT2D eigenvalue weighted by Gasteiger charge is -2.15. The van der Waals surface area contributed by atoms with Crippen LogP contribution < -0.4 is 10.9 Å². The van der Waals surface area contributed by atoms with Gasteiger partial charge in [0.05, 0.1) is 24.7 Å². The van der Waals surface area contributed by atoms with Crippen molar-refractivity contribution in [2.75, 3.05) is 7.11 Å². The molecule has 5 aromatic rings. The fourth-order valence-corrected chi connectivity index (χ4v) is 4.46. The number of ether oxygens (including phenoxy) is 1. The zero-order chi connectivity index (χ0) is 27.4. The average Bonchev–Trinajstić information content (AvgIpc) is 3.36. The molecule has 1 atom stereocenters. The highest BCUT2D eigenvalue weighted by molar-refractivity contribution is 6.31. The summed E-state index contributed by atoms with van der Waals surface area (Å²) in [5.74, 6) is -1.17. The molecule has 5 rings (SSSR count). The normalized spacial score (nSPS) is 11.7. The van der Waals surface area contributed by atoms with E-state index in [0.29, 0.717) is 40.1 Å². The summed E-state index contributed by atoms with van der Waals surface area (Å²) < 4.78 is 6.58. The largest absolute Gasteiger partial charge is 0.467 e. The van der Waals surface area contributed by atoms with Crippen LogP contribution in [0, 0.1) is 0 Å². The molecule has 1 unspecified atom stereocenters. The zero-order valence-corrected chi connectivity index (χ0v) is 21.7. The maximum absolute atomic E-state index is 13.2. The Balaban J connectivity index is 1.31. The van der Waals surface area contributed by atoms with Gasteiger partial charge in [-0.3, -0.25) is 19.7 Å². The molecule has 0 aliphatic heterocycles. The third-order valence-electron chi connectivity index (χ3n) is 6.28. The first kappa shape index (κ1) is 25.9. The van der Waals surface area contributed by atoms with Crippen LogP contribution in [0.25, 0.3) is 10.9 Å². The van der Waals surface area contributed by atoms with Crippen LogP contribution in [0.5, 0.6) is 0 Å². The van der Waals surface area contributed by atoms with Crippen LogP contribution in [-0.2, 0) is 22.5 Å². The Hall–Kier alpha value is -4.76. The highest BCUT2D eigenvalue weighted by Crippen LogP contribution is 2.26. The van der Waals surface area contributed by atoms with E-state index < -0.39 is 17.9 Å². The predicted octanol–water partition coefficient (Wildman–Crippen LogP) is 4.06. The quantitative estimate of drug-likeness (QED) is 0.286. The number of aromatic nitrogens is 4. The summed E-state index contributed by atoms with van der Waals surface area (Å²) in [6.07, 6.45) is 5.43. The van der Waals surface area contributed by atoms with Gasteiger partial charge in [0.25, 0.3) is 11.5 Å². The van der Waals surface area contributed by atoms with Gasteiger partial charge in [0.2, 0.25) is 0 Å². The molecule has 1 amide bonds. The van der Waals surface area contributed by atoms with Crippen LogP contribution >= 0.6 is 11.6 Å². The van der Waals surface area contributed by atoms with Gasteiger partial charge in [0.1, 0.15) is 5.69 Å². The van der Waals surface area contributed by atoms with E-state index >= 15 is 0 Å². The number of nitrogens with one attached hydrogen (secondary N) is 2. The minimum absolute atomic E-state index is 0.0542. The van der Waals surface area contributed by atoms with Crippen molar-refractivity contribution in [3.63, 3.8) is 0 Å². The molecule has 9 nitrogen and oxygen atoms in total. The van der Waals surface area contributed by atoms with Gasteiger partial charge in [-0.2, -0.15) is 5.10 Å². The number of benzene rings is 2. The van der Waals surface area contributed by atoms with Gasteiger partial charge in [-0.25, -0.2) is 4.79 Å². The summed E-state index contributed by atoms with van der Waals surface area (Å²) in [6, 6.07) is 18.7. The lowest BCUT2D eigenvalue weighted by Crippen LogP contribution is -2.35. The van der Waals surface area contributed by atoms with Gasteiger partial charge < -0.3 is 14.6 Å². The Bertz CT molecular complexity index is 1710. The molecule has 10 heteroatoms. The molecule has 3 heterocycles. The second-order valence-electron chi connectivity index (χ2n) is 8.97. The van der Waals surface area contributed by atoms with Crippen molar-refractivity contribution in [1.29, 1.82) is 0 Å². The molecule has 0 spiro atoms. The Labute approximate surface area is 228 Å². The number of hydrogen-bond donors (Lipinski definition) is 2. The molecular formula is C29H24ClN5O4. The first-order valence-electron chi connectivity index (χ1n) is 12.1. The molecule has 0 aliphatic rings. The van der Waals surface area contributed by atoms with E-state index in [-0.39, 0.29) is 5.56 Å². The van der Waals surface area contributed by atoms with Crippen molar-refractivity contribution in [3.05, 3.63) is 129 Å². The van der Waals surface area contributed by atoms with E-state index in [2.05, 4.69) is 20.5 Å². The van der Waals surface area contributed by atoms with Gasteiger partial charge in [-0.15, -0.1) is 0 Å². The molecule has 2 aromatic carbocycles. The number of fused-ring (bicyclic) bond motifs is 1.